The lowest BCUT2D eigenvalue weighted by molar-refractivity contribution is -0.131. The van der Waals surface area contributed by atoms with E-state index in [9.17, 15) is 14.0 Å². The van der Waals surface area contributed by atoms with Gasteiger partial charge in [0.2, 0.25) is 17.7 Å². The molecule has 0 spiro atoms. The van der Waals surface area contributed by atoms with Gasteiger partial charge >= 0.3 is 0 Å². The monoisotopic (exact) mass is 619 g/mol. The van der Waals surface area contributed by atoms with Gasteiger partial charge in [0, 0.05) is 30.1 Å². The van der Waals surface area contributed by atoms with Crippen molar-refractivity contribution < 1.29 is 32.6 Å². The maximum Gasteiger partial charge on any atom is 0.240 e. The summed E-state index contributed by atoms with van der Waals surface area (Å²) in [4.78, 5) is 37.0. The number of rotatable bonds is 13. The quantitative estimate of drug-likeness (QED) is 0.174. The molecule has 3 aromatic carbocycles. The van der Waals surface area contributed by atoms with Gasteiger partial charge in [0.15, 0.2) is 23.1 Å². The highest BCUT2D eigenvalue weighted by Crippen LogP contribution is 2.53. The lowest BCUT2D eigenvalue weighted by Gasteiger charge is -2.19. The minimum absolute atomic E-state index is 0.104. The number of nitrogens with zero attached hydrogens (tertiary/aromatic N) is 3. The largest absolute Gasteiger partial charge is 0.493 e. The number of carbonyl (C=O) groups is 2. The molecule has 2 N–H and O–H groups in total. The van der Waals surface area contributed by atoms with Crippen LogP contribution in [0.3, 0.4) is 0 Å². The molecule has 1 aliphatic rings. The van der Waals surface area contributed by atoms with Gasteiger partial charge < -0.3 is 29.7 Å². The summed E-state index contributed by atoms with van der Waals surface area (Å²) in [6.07, 6.45) is 1.63. The molecule has 0 aliphatic heterocycles. The first-order valence-corrected chi connectivity index (χ1v) is 14.7. The van der Waals surface area contributed by atoms with Crippen molar-refractivity contribution in [1.29, 1.82) is 0 Å². The Kier molecular flexibility index (Phi) is 9.43. The maximum atomic E-state index is 15.2. The van der Waals surface area contributed by atoms with Crippen LogP contribution in [0.5, 0.6) is 23.1 Å². The third-order valence-corrected chi connectivity index (χ3v) is 8.06. The molecule has 236 valence electrons. The number of hydrogen-bond acceptors (Lipinski definition) is 8. The Hall–Kier alpha value is -4.84. The van der Waals surface area contributed by atoms with E-state index < -0.39 is 28.9 Å². The van der Waals surface area contributed by atoms with Crippen molar-refractivity contribution in [3.63, 3.8) is 0 Å². The number of methoxy groups -OCH3 is 1. The highest BCUT2D eigenvalue weighted by molar-refractivity contribution is 6.17. The average molecular weight is 620 g/mol. The van der Waals surface area contributed by atoms with E-state index in [1.807, 2.05) is 0 Å². The molecule has 1 aromatic heterocycles. The van der Waals surface area contributed by atoms with Crippen LogP contribution < -0.4 is 24.8 Å². The summed E-state index contributed by atoms with van der Waals surface area (Å²) < 4.78 is 45.8. The molecule has 0 saturated heterocycles. The van der Waals surface area contributed by atoms with Crippen molar-refractivity contribution in [3.05, 3.63) is 72.6 Å². The van der Waals surface area contributed by atoms with E-state index in [2.05, 4.69) is 39.3 Å². The van der Waals surface area contributed by atoms with Crippen LogP contribution in [0.15, 0.2) is 60.9 Å². The lowest BCUT2D eigenvalue weighted by Crippen LogP contribution is -2.37. The van der Waals surface area contributed by atoms with Gasteiger partial charge in [0.05, 0.1) is 18.0 Å². The predicted molar refractivity (Wildman–Crippen MR) is 166 cm³/mol. The molecule has 1 aliphatic carbocycles. The summed E-state index contributed by atoms with van der Waals surface area (Å²) in [6, 6.07) is 12.6. The number of ether oxygens (including phenoxy) is 3. The Morgan fingerprint density at radius 2 is 1.60 bits per heavy atom. The molecule has 2 amide bonds. The first-order chi connectivity index (χ1) is 21.7. The molecule has 1 heterocycles. The van der Waals surface area contributed by atoms with Gasteiger partial charge in [-0.05, 0) is 67.9 Å². The van der Waals surface area contributed by atoms with Crippen molar-refractivity contribution in [3.8, 4) is 23.1 Å². The highest BCUT2D eigenvalue weighted by atomic mass is 19.1. The normalized spacial score (nSPS) is 17.2. The number of nitrogens with one attached hydrogen (secondary N) is 2. The number of benzene rings is 3. The number of fused-ring (bicyclic) bond motifs is 1. The molecule has 12 heteroatoms. The Bertz CT molecular complexity index is 1700. The van der Waals surface area contributed by atoms with Gasteiger partial charge in [0.25, 0.3) is 0 Å². The second-order valence-corrected chi connectivity index (χ2v) is 10.8. The summed E-state index contributed by atoms with van der Waals surface area (Å²) in [7, 11) is 1.52. The summed E-state index contributed by atoms with van der Waals surface area (Å²) >= 11 is 0. The number of anilines is 2. The molecule has 1 fully saturated rings. The second-order valence-electron chi connectivity index (χ2n) is 10.8. The first-order valence-electron chi connectivity index (χ1n) is 14.7. The predicted octanol–water partition coefficient (Wildman–Crippen LogP) is 6.03. The van der Waals surface area contributed by atoms with Crippen LogP contribution in [0.2, 0.25) is 0 Å². The van der Waals surface area contributed by atoms with Gasteiger partial charge in [-0.2, -0.15) is 0 Å². The molecular weight excluding hydrogens is 584 g/mol. The fraction of sp³-hybridized carbons (Fsp3) is 0.333. The second kappa shape index (κ2) is 13.4. The van der Waals surface area contributed by atoms with Gasteiger partial charge in [-0.25, -0.2) is 18.7 Å². The third-order valence-electron chi connectivity index (χ3n) is 8.06. The van der Waals surface area contributed by atoms with Crippen molar-refractivity contribution in [2.75, 3.05) is 44.0 Å². The highest BCUT2D eigenvalue weighted by Gasteiger charge is 2.63. The molecule has 0 radical (unpaired) electrons. The van der Waals surface area contributed by atoms with Crippen LogP contribution in [-0.4, -0.2) is 60.0 Å². The molecule has 10 nitrogen and oxygen atoms in total. The fourth-order valence-corrected chi connectivity index (χ4v) is 5.16. The number of halogens is 2. The Balaban J connectivity index is 1.29. The molecule has 1 saturated carbocycles. The average Bonchev–Trinajstić information content (AvgIpc) is 3.73. The fourth-order valence-electron chi connectivity index (χ4n) is 5.16. The molecule has 5 rings (SSSR count). The van der Waals surface area contributed by atoms with Crippen molar-refractivity contribution >= 4 is 34.1 Å². The summed E-state index contributed by atoms with van der Waals surface area (Å²) in [5.74, 6) is -1.56. The van der Waals surface area contributed by atoms with Crippen molar-refractivity contribution in [2.45, 2.75) is 27.2 Å². The summed E-state index contributed by atoms with van der Waals surface area (Å²) in [6.45, 7) is 9.02. The van der Waals surface area contributed by atoms with E-state index in [1.54, 1.807) is 19.1 Å². The molecule has 2 unspecified atom stereocenters. The molecule has 45 heavy (non-hydrogen) atoms. The Labute approximate surface area is 259 Å². The Morgan fingerprint density at radius 1 is 0.933 bits per heavy atom. The number of likely N-dealkylation sites (N-methyl/N-ethyl adjacent to an activating group) is 1. The first kappa shape index (κ1) is 31.6. The molecule has 4 aromatic rings. The minimum Gasteiger partial charge on any atom is -0.493 e. The van der Waals surface area contributed by atoms with Crippen molar-refractivity contribution in [2.24, 2.45) is 11.3 Å². The number of carbonyl (C=O) groups excluding carboxylic acids is 2. The van der Waals surface area contributed by atoms with Crippen LogP contribution >= 0.6 is 0 Å². The number of hydrogen-bond donors (Lipinski definition) is 2. The maximum absolute atomic E-state index is 15.2. The smallest absolute Gasteiger partial charge is 0.240 e. The number of aromatic nitrogens is 2. The van der Waals surface area contributed by atoms with Crippen LogP contribution in [0, 0.1) is 23.0 Å². The zero-order chi connectivity index (χ0) is 32.1. The zero-order valence-corrected chi connectivity index (χ0v) is 25.5. The van der Waals surface area contributed by atoms with E-state index in [4.69, 9.17) is 14.2 Å². The van der Waals surface area contributed by atoms with E-state index >= 15 is 4.39 Å². The van der Waals surface area contributed by atoms with E-state index in [0.717, 1.165) is 25.7 Å². The SMILES string of the molecule is CCN(CC)CCOc1cc2ncnc(Oc3ccc(NC(=O)C4(C(=O)Nc5ccc(F)cc5)CC4C)cc3F)c2cc1OC. The van der Waals surface area contributed by atoms with Crippen LogP contribution in [0.4, 0.5) is 20.2 Å². The Morgan fingerprint density at radius 3 is 2.22 bits per heavy atom. The molecular formula is C33H35F2N5O5. The van der Waals surface area contributed by atoms with Crippen molar-refractivity contribution in [1.82, 2.24) is 14.9 Å². The van der Waals surface area contributed by atoms with Crippen LogP contribution in [0.25, 0.3) is 10.9 Å². The third kappa shape index (κ3) is 6.80. The number of amides is 2. The van der Waals surface area contributed by atoms with Crippen LogP contribution in [0.1, 0.15) is 27.2 Å². The van der Waals surface area contributed by atoms with Gasteiger partial charge in [-0.1, -0.05) is 20.8 Å². The zero-order valence-electron chi connectivity index (χ0n) is 25.5. The van der Waals surface area contributed by atoms with E-state index in [-0.39, 0.29) is 23.2 Å². The summed E-state index contributed by atoms with van der Waals surface area (Å²) in [5.41, 5.74) is -0.286. The van der Waals surface area contributed by atoms with Gasteiger partial charge in [-0.15, -0.1) is 0 Å². The standard InChI is InChI=1S/C33H35F2N5O5/c1-5-40(6-2)13-14-44-29-17-26-24(16-28(29)43-4)30(37-19-36-26)45-27-12-11-23(15-25(27)35)39-32(42)33(18-20(33)3)31(41)38-22-9-7-21(34)8-10-22/h7-12,15-17,19-20H,5-6,13-14,18H2,1-4H3,(H,38,41)(H,39,42). The summed E-state index contributed by atoms with van der Waals surface area (Å²) in [5, 5.41) is 5.81. The minimum atomic E-state index is -1.33. The topological polar surface area (TPSA) is 115 Å². The lowest BCUT2D eigenvalue weighted by atomic mass is 10.0. The van der Waals surface area contributed by atoms with E-state index in [0.29, 0.717) is 41.1 Å². The molecule has 2 atom stereocenters. The van der Waals surface area contributed by atoms with E-state index in [1.165, 1.54) is 49.8 Å². The molecule has 0 bridgehead atoms. The van der Waals surface area contributed by atoms with Crippen LogP contribution in [-0.2, 0) is 9.59 Å². The van der Waals surface area contributed by atoms with Gasteiger partial charge in [-0.3, -0.25) is 9.59 Å². The van der Waals surface area contributed by atoms with Gasteiger partial charge in [0.1, 0.15) is 24.2 Å².